The summed E-state index contributed by atoms with van der Waals surface area (Å²) < 4.78 is 84.4. The summed E-state index contributed by atoms with van der Waals surface area (Å²) >= 11 is 0.954. The van der Waals surface area contributed by atoms with Crippen molar-refractivity contribution < 1.29 is 34.0 Å². The Bertz CT molecular complexity index is 564. The summed E-state index contributed by atoms with van der Waals surface area (Å²) in [5.41, 5.74) is 0. The van der Waals surface area contributed by atoms with Gasteiger partial charge in [0.1, 0.15) is 11.6 Å². The number of hydrogen-bond acceptors (Lipinski definition) is 0. The molecule has 0 radical (unpaired) electrons. The zero-order valence-corrected chi connectivity index (χ0v) is 12.3. The minimum absolute atomic E-state index is 0.243. The molecule has 0 unspecified atom stereocenters. The van der Waals surface area contributed by atoms with Crippen molar-refractivity contribution in [3.8, 4) is 0 Å². The standard InChI is InChI=1S/C12H8F2S.F6P/c13-9-1-5-11(6-2-9)15-12-7-3-10(14)4-8-12;1-7(2,3,4,5)6/h1-8H;/q;-1/p+1. The van der Waals surface area contributed by atoms with E-state index < -0.39 is 7.81 Å². The maximum atomic E-state index is 12.6. The molecule has 0 bridgehead atoms. The average molecular weight is 368 g/mol. The van der Waals surface area contributed by atoms with Gasteiger partial charge in [-0.3, -0.25) is 0 Å². The van der Waals surface area contributed by atoms with Crippen molar-refractivity contribution in [1.82, 2.24) is 0 Å². The van der Waals surface area contributed by atoms with Gasteiger partial charge in [-0.15, -0.1) is 0 Å². The molecule has 0 nitrogen and oxygen atoms in total. The van der Waals surface area contributed by atoms with Gasteiger partial charge in [0, 0.05) is 11.8 Å². The fraction of sp³-hybridized carbons (Fsp3) is 0. The summed E-state index contributed by atoms with van der Waals surface area (Å²) in [6.07, 6.45) is 0. The fourth-order valence-corrected chi connectivity index (χ4v) is 2.07. The molecule has 10 heteroatoms. The maximum absolute atomic E-state index is 12.6. The summed E-state index contributed by atoms with van der Waals surface area (Å²) in [5.74, 6) is -0.485. The van der Waals surface area contributed by atoms with Gasteiger partial charge in [0.05, 0.1) is 0 Å². The number of thiol groups is 1. The molecule has 0 saturated carbocycles. The topological polar surface area (TPSA) is 0 Å². The molecule has 2 aromatic rings. The molecule has 0 aliphatic carbocycles. The molecule has 0 atom stereocenters. The molecule has 22 heavy (non-hydrogen) atoms. The molecular weight excluding hydrogens is 359 g/mol. The third-order valence-electron chi connectivity index (χ3n) is 1.91. The van der Waals surface area contributed by atoms with Crippen LogP contribution in [0.3, 0.4) is 0 Å². The average Bonchev–Trinajstić information content (AvgIpc) is 2.31. The van der Waals surface area contributed by atoms with Gasteiger partial charge >= 0.3 is 33.0 Å². The van der Waals surface area contributed by atoms with Gasteiger partial charge in [0.15, 0.2) is 9.79 Å². The summed E-state index contributed by atoms with van der Waals surface area (Å²) in [7, 11) is -10.7. The van der Waals surface area contributed by atoms with Crippen LogP contribution in [-0.4, -0.2) is 0 Å². The van der Waals surface area contributed by atoms with E-state index in [1.165, 1.54) is 24.3 Å². The normalized spacial score (nSPS) is 14.4. The van der Waals surface area contributed by atoms with Gasteiger partial charge in [0.25, 0.3) is 0 Å². The Labute approximate surface area is 124 Å². The van der Waals surface area contributed by atoms with Crippen LogP contribution >= 0.6 is 7.81 Å². The van der Waals surface area contributed by atoms with Crippen LogP contribution in [0.2, 0.25) is 0 Å². The predicted molar refractivity (Wildman–Crippen MR) is 71.7 cm³/mol. The van der Waals surface area contributed by atoms with E-state index in [2.05, 4.69) is 0 Å². The zero-order chi connectivity index (χ0) is 17.1. The van der Waals surface area contributed by atoms with Crippen molar-refractivity contribution in [3.05, 3.63) is 60.2 Å². The van der Waals surface area contributed by atoms with E-state index in [0.717, 1.165) is 21.6 Å². The Morgan fingerprint density at radius 1 is 0.545 bits per heavy atom. The Kier molecular flexibility index (Phi) is 4.85. The summed E-state index contributed by atoms with van der Waals surface area (Å²) in [6.45, 7) is 0. The van der Waals surface area contributed by atoms with Crippen molar-refractivity contribution in [2.24, 2.45) is 0 Å². The first-order chi connectivity index (χ1) is 9.69. The van der Waals surface area contributed by atoms with E-state index in [0.29, 0.717) is 0 Å². The molecule has 2 aromatic carbocycles. The van der Waals surface area contributed by atoms with E-state index in [-0.39, 0.29) is 11.6 Å². The predicted octanol–water partition coefficient (Wildman–Crippen LogP) is 6.58. The third-order valence-corrected chi connectivity index (χ3v) is 3.02. The van der Waals surface area contributed by atoms with Gasteiger partial charge in [0.2, 0.25) is 0 Å². The first-order valence-corrected chi connectivity index (χ1v) is 8.40. The van der Waals surface area contributed by atoms with Gasteiger partial charge in [-0.1, -0.05) is 0 Å². The van der Waals surface area contributed by atoms with E-state index in [1.807, 2.05) is 0 Å². The Balaban J connectivity index is 0.000000295. The molecule has 0 saturated heterocycles. The second-order valence-corrected chi connectivity index (χ2v) is 7.20. The number of benzene rings is 2. The van der Waals surface area contributed by atoms with Crippen LogP contribution in [0.25, 0.3) is 0 Å². The summed E-state index contributed by atoms with van der Waals surface area (Å²) in [6, 6.07) is 12.6. The van der Waals surface area contributed by atoms with E-state index in [4.69, 9.17) is 0 Å². The molecule has 0 aromatic heterocycles. The second kappa shape index (κ2) is 5.70. The molecule has 0 N–H and O–H groups in total. The molecule has 2 rings (SSSR count). The fourth-order valence-electron chi connectivity index (χ4n) is 1.18. The molecule has 0 fully saturated rings. The minimum atomic E-state index is -10.7. The second-order valence-electron chi connectivity index (χ2n) is 4.02. The van der Waals surface area contributed by atoms with Crippen molar-refractivity contribution in [1.29, 1.82) is 0 Å². The molecule has 0 aliphatic rings. The molecule has 0 heterocycles. The number of halogens is 8. The van der Waals surface area contributed by atoms with Gasteiger partial charge < -0.3 is 0 Å². The SMILES string of the molecule is F[P-](F)(F)(F)(F)F.Fc1ccc([SH+]c2ccc(F)cc2)cc1. The smallest absolute Gasteiger partial charge is 0.158 e. The van der Waals surface area contributed by atoms with Crippen LogP contribution in [0.1, 0.15) is 0 Å². The van der Waals surface area contributed by atoms with E-state index in [1.54, 1.807) is 24.3 Å². The van der Waals surface area contributed by atoms with Gasteiger partial charge in [-0.25, -0.2) is 8.78 Å². The summed E-state index contributed by atoms with van der Waals surface area (Å²) in [5, 5.41) is 0. The summed E-state index contributed by atoms with van der Waals surface area (Å²) in [4.78, 5) is 1.98. The van der Waals surface area contributed by atoms with Crippen molar-refractivity contribution >= 4 is 19.6 Å². The van der Waals surface area contributed by atoms with Crippen molar-refractivity contribution in [3.63, 3.8) is 0 Å². The quantitative estimate of drug-likeness (QED) is 0.243. The van der Waals surface area contributed by atoms with Crippen LogP contribution < -0.4 is 0 Å². The monoisotopic (exact) mass is 368 g/mol. The van der Waals surface area contributed by atoms with Crippen molar-refractivity contribution in [2.45, 2.75) is 9.79 Å². The number of hydrogen-bond donors (Lipinski definition) is 0. The Hall–Kier alpha value is -1.34. The van der Waals surface area contributed by atoms with Gasteiger partial charge in [-0.2, -0.15) is 0 Å². The van der Waals surface area contributed by atoms with Crippen LogP contribution in [0, 0.1) is 11.6 Å². The number of rotatable bonds is 2. The van der Waals surface area contributed by atoms with Crippen LogP contribution in [0.15, 0.2) is 58.3 Å². The van der Waals surface area contributed by atoms with Gasteiger partial charge in [-0.05, 0) is 48.5 Å². The van der Waals surface area contributed by atoms with Crippen LogP contribution in [-0.2, 0) is 11.8 Å². The Morgan fingerprint density at radius 2 is 0.773 bits per heavy atom. The first-order valence-electron chi connectivity index (χ1n) is 5.48. The molecule has 0 amide bonds. The van der Waals surface area contributed by atoms with Crippen LogP contribution in [0.4, 0.5) is 34.0 Å². The van der Waals surface area contributed by atoms with Crippen molar-refractivity contribution in [2.75, 3.05) is 0 Å². The zero-order valence-electron chi connectivity index (χ0n) is 10.5. The van der Waals surface area contributed by atoms with E-state index in [9.17, 15) is 34.0 Å². The third kappa shape index (κ3) is 11.3. The largest absolute Gasteiger partial charge is 0.207 e. The van der Waals surface area contributed by atoms with Crippen LogP contribution in [0.5, 0.6) is 0 Å². The molecule has 0 aliphatic heterocycles. The Morgan fingerprint density at radius 3 is 1.00 bits per heavy atom. The molecule has 0 spiro atoms. The molecular formula is C12H9F8PS. The van der Waals surface area contributed by atoms with E-state index >= 15 is 0 Å². The maximum Gasteiger partial charge on any atom is 0.158 e. The molecule has 124 valence electrons. The first kappa shape index (κ1) is 18.7. The minimum Gasteiger partial charge on any atom is -0.207 e.